The lowest BCUT2D eigenvalue weighted by atomic mass is 10.2. The zero-order chi connectivity index (χ0) is 20.5. The molecule has 7 nitrogen and oxygen atoms in total. The van der Waals surface area contributed by atoms with Crippen LogP contribution in [0, 0.1) is 5.82 Å². The Balaban J connectivity index is 1.92. The van der Waals surface area contributed by atoms with Gasteiger partial charge in [-0.15, -0.1) is 0 Å². The molecule has 0 spiro atoms. The highest BCUT2D eigenvalue weighted by molar-refractivity contribution is 6.32. The molecule has 0 saturated carbocycles. The number of benzene rings is 2. The lowest BCUT2D eigenvalue weighted by Gasteiger charge is -2.14. The zero-order valence-electron chi connectivity index (χ0n) is 15.4. The summed E-state index contributed by atoms with van der Waals surface area (Å²) in [5.41, 5.74) is 4.64. The van der Waals surface area contributed by atoms with E-state index in [1.54, 1.807) is 0 Å². The molecule has 2 amide bonds. The van der Waals surface area contributed by atoms with Crippen molar-refractivity contribution >= 4 is 23.4 Å². The fourth-order valence-electron chi connectivity index (χ4n) is 2.11. The third-order valence-corrected chi connectivity index (χ3v) is 3.72. The van der Waals surface area contributed by atoms with Crippen molar-refractivity contribution in [3.8, 4) is 17.2 Å². The molecule has 9 heteroatoms. The second-order valence-corrected chi connectivity index (χ2v) is 5.99. The maximum atomic E-state index is 12.8. The Bertz CT molecular complexity index is 830. The van der Waals surface area contributed by atoms with Crippen LogP contribution >= 0.6 is 11.6 Å². The van der Waals surface area contributed by atoms with Crippen LogP contribution in [0.25, 0.3) is 0 Å². The van der Waals surface area contributed by atoms with Gasteiger partial charge >= 0.3 is 0 Å². The van der Waals surface area contributed by atoms with Gasteiger partial charge in [0.25, 0.3) is 11.8 Å². The predicted octanol–water partition coefficient (Wildman–Crippen LogP) is 3.12. The smallest absolute Gasteiger partial charge is 0.276 e. The Kier molecular flexibility index (Phi) is 7.88. The summed E-state index contributed by atoms with van der Waals surface area (Å²) in [4.78, 5) is 24.0. The second kappa shape index (κ2) is 10.4. The average molecular weight is 411 g/mol. The third-order valence-electron chi connectivity index (χ3n) is 3.44. The molecule has 0 unspecified atom stereocenters. The van der Waals surface area contributed by atoms with E-state index >= 15 is 0 Å². The van der Waals surface area contributed by atoms with Crippen LogP contribution in [0.5, 0.6) is 17.2 Å². The number of halogens is 2. The molecule has 0 aromatic heterocycles. The van der Waals surface area contributed by atoms with Gasteiger partial charge in [0.15, 0.2) is 18.1 Å². The lowest BCUT2D eigenvalue weighted by molar-refractivity contribution is -0.123. The highest BCUT2D eigenvalue weighted by Gasteiger charge is 2.16. The first-order valence-electron chi connectivity index (χ1n) is 8.42. The monoisotopic (exact) mass is 410 g/mol. The van der Waals surface area contributed by atoms with Crippen LogP contribution in [0.15, 0.2) is 36.4 Å². The number of rotatable bonds is 8. The first kappa shape index (κ1) is 21.3. The molecule has 0 fully saturated rings. The molecule has 150 valence electrons. The van der Waals surface area contributed by atoms with Crippen LogP contribution in [0.3, 0.4) is 0 Å². The van der Waals surface area contributed by atoms with Gasteiger partial charge in [0.05, 0.1) is 18.7 Å². The van der Waals surface area contributed by atoms with Crippen LogP contribution in [0.4, 0.5) is 4.39 Å². The van der Waals surface area contributed by atoms with Crippen molar-refractivity contribution in [2.45, 2.75) is 13.3 Å². The van der Waals surface area contributed by atoms with Crippen LogP contribution in [0.1, 0.15) is 23.7 Å². The highest BCUT2D eigenvalue weighted by atomic mass is 35.5. The molecule has 0 heterocycles. The van der Waals surface area contributed by atoms with E-state index in [9.17, 15) is 14.0 Å². The van der Waals surface area contributed by atoms with Gasteiger partial charge in [-0.2, -0.15) is 0 Å². The Morgan fingerprint density at radius 2 is 1.82 bits per heavy atom. The summed E-state index contributed by atoms with van der Waals surface area (Å²) in [6.45, 7) is 2.04. The van der Waals surface area contributed by atoms with Crippen molar-refractivity contribution in [2.75, 3.05) is 20.3 Å². The van der Waals surface area contributed by atoms with E-state index in [-0.39, 0.29) is 17.2 Å². The normalized spacial score (nSPS) is 10.1. The Hall–Kier alpha value is -3.00. The number of carbonyl (C=O) groups is 2. The molecule has 28 heavy (non-hydrogen) atoms. The topological polar surface area (TPSA) is 85.9 Å². The molecule has 2 N–H and O–H groups in total. The summed E-state index contributed by atoms with van der Waals surface area (Å²) in [6.07, 6.45) is 0.785. The number of hydrazine groups is 1. The van der Waals surface area contributed by atoms with E-state index in [2.05, 4.69) is 10.9 Å². The molecule has 0 radical (unpaired) electrons. The Morgan fingerprint density at radius 1 is 1.11 bits per heavy atom. The van der Waals surface area contributed by atoms with E-state index in [0.717, 1.165) is 6.42 Å². The molecule has 2 aromatic rings. The minimum atomic E-state index is -0.600. The van der Waals surface area contributed by atoms with Crippen molar-refractivity contribution < 1.29 is 28.2 Å². The molecule has 0 bridgehead atoms. The van der Waals surface area contributed by atoms with Crippen LogP contribution < -0.4 is 25.1 Å². The van der Waals surface area contributed by atoms with Gasteiger partial charge in [-0.25, -0.2) is 4.39 Å². The van der Waals surface area contributed by atoms with E-state index < -0.39 is 17.6 Å². The molecule has 2 aromatic carbocycles. The Labute approximate surface area is 166 Å². The van der Waals surface area contributed by atoms with Crippen LogP contribution in [-0.2, 0) is 4.79 Å². The fraction of sp³-hybridized carbons (Fsp3) is 0.263. The molecule has 0 aliphatic rings. The van der Waals surface area contributed by atoms with Crippen molar-refractivity contribution in [2.24, 2.45) is 0 Å². The minimum absolute atomic E-state index is 0.172. The first-order chi connectivity index (χ1) is 13.4. The predicted molar refractivity (Wildman–Crippen MR) is 101 cm³/mol. The van der Waals surface area contributed by atoms with E-state index in [4.69, 9.17) is 25.8 Å². The van der Waals surface area contributed by atoms with E-state index in [1.807, 2.05) is 6.92 Å². The SMILES string of the molecule is CCCOc1c(Cl)cc(C(=O)NNC(=O)COc2ccc(F)cc2)cc1OC. The van der Waals surface area contributed by atoms with Gasteiger partial charge in [0.2, 0.25) is 0 Å². The number of hydrogen-bond acceptors (Lipinski definition) is 5. The maximum Gasteiger partial charge on any atom is 0.276 e. The third kappa shape index (κ3) is 6.02. The number of amides is 2. The van der Waals surface area contributed by atoms with Gasteiger partial charge in [0.1, 0.15) is 11.6 Å². The molecule has 0 saturated heterocycles. The number of nitrogens with one attached hydrogen (secondary N) is 2. The average Bonchev–Trinajstić information content (AvgIpc) is 2.70. The number of carbonyl (C=O) groups excluding carboxylic acids is 2. The molecular weight excluding hydrogens is 391 g/mol. The summed E-state index contributed by atoms with van der Waals surface area (Å²) >= 11 is 6.17. The van der Waals surface area contributed by atoms with Gasteiger partial charge in [0, 0.05) is 5.56 Å². The highest BCUT2D eigenvalue weighted by Crippen LogP contribution is 2.36. The first-order valence-corrected chi connectivity index (χ1v) is 8.80. The van der Waals surface area contributed by atoms with Crippen molar-refractivity contribution in [3.63, 3.8) is 0 Å². The van der Waals surface area contributed by atoms with Crippen LogP contribution in [-0.4, -0.2) is 32.1 Å². The van der Waals surface area contributed by atoms with Crippen molar-refractivity contribution in [1.29, 1.82) is 0 Å². The standard InChI is InChI=1S/C19H20ClFN2O5/c1-3-8-27-18-15(20)9-12(10-16(18)26-2)19(25)23-22-17(24)11-28-14-6-4-13(21)5-7-14/h4-7,9-10H,3,8,11H2,1-2H3,(H,22,24)(H,23,25). The molecular formula is C19H20ClFN2O5. The van der Waals surface area contributed by atoms with Gasteiger partial charge < -0.3 is 14.2 Å². The van der Waals surface area contributed by atoms with Gasteiger partial charge in [-0.05, 0) is 42.8 Å². The molecule has 0 aliphatic heterocycles. The van der Waals surface area contributed by atoms with Gasteiger partial charge in [-0.1, -0.05) is 18.5 Å². The lowest BCUT2D eigenvalue weighted by Crippen LogP contribution is -2.43. The summed E-state index contributed by atoms with van der Waals surface area (Å²) in [6, 6.07) is 8.05. The quantitative estimate of drug-likeness (QED) is 0.653. The number of hydrogen-bond donors (Lipinski definition) is 2. The minimum Gasteiger partial charge on any atom is -0.493 e. The van der Waals surface area contributed by atoms with E-state index in [1.165, 1.54) is 43.5 Å². The summed E-state index contributed by atoms with van der Waals surface area (Å²) in [5.74, 6) is -0.640. The zero-order valence-corrected chi connectivity index (χ0v) is 16.1. The van der Waals surface area contributed by atoms with Crippen molar-refractivity contribution in [1.82, 2.24) is 10.9 Å². The fourth-order valence-corrected chi connectivity index (χ4v) is 2.37. The summed E-state index contributed by atoms with van der Waals surface area (Å²) < 4.78 is 28.7. The maximum absolute atomic E-state index is 12.8. The second-order valence-electron chi connectivity index (χ2n) is 5.58. The van der Waals surface area contributed by atoms with Crippen molar-refractivity contribution in [3.05, 3.63) is 52.8 Å². The molecule has 0 atom stereocenters. The number of ether oxygens (including phenoxy) is 3. The summed E-state index contributed by atoms with van der Waals surface area (Å²) in [5, 5.41) is 0.212. The molecule has 2 rings (SSSR count). The van der Waals surface area contributed by atoms with E-state index in [0.29, 0.717) is 23.9 Å². The largest absolute Gasteiger partial charge is 0.493 e. The summed E-state index contributed by atoms with van der Waals surface area (Å²) in [7, 11) is 1.43. The molecule has 0 aliphatic carbocycles. The van der Waals surface area contributed by atoms with Crippen LogP contribution in [0.2, 0.25) is 5.02 Å². The van der Waals surface area contributed by atoms with Gasteiger partial charge in [-0.3, -0.25) is 20.4 Å². The Morgan fingerprint density at radius 3 is 2.46 bits per heavy atom. The number of methoxy groups -OCH3 is 1.